The number of amides is 2. The Balaban J connectivity index is 1.53. The smallest absolute Gasteiger partial charge is 0.234 e. The van der Waals surface area contributed by atoms with Crippen LogP contribution in [-0.2, 0) is 14.3 Å². The standard InChI is InChI=1S/C22H33N3O3/c1-17(2)21(18-7-4-3-5-8-18)23-20(26)16-24-10-6-9-19(15-24)22(27)25-11-13-28-14-12-25/h3-5,7-8,17,19,21H,6,9-16H2,1-2H3,(H,23,26). The number of hydrogen-bond donors (Lipinski definition) is 1. The lowest BCUT2D eigenvalue weighted by Gasteiger charge is -2.36. The van der Waals surface area contributed by atoms with E-state index in [1.807, 2.05) is 23.1 Å². The van der Waals surface area contributed by atoms with E-state index in [1.165, 1.54) is 0 Å². The topological polar surface area (TPSA) is 61.9 Å². The van der Waals surface area contributed by atoms with Gasteiger partial charge in [0, 0.05) is 19.6 Å². The zero-order valence-corrected chi connectivity index (χ0v) is 17.1. The van der Waals surface area contributed by atoms with Gasteiger partial charge in [0.1, 0.15) is 0 Å². The summed E-state index contributed by atoms with van der Waals surface area (Å²) in [6, 6.07) is 10.1. The molecule has 2 unspecified atom stereocenters. The number of piperidine rings is 1. The van der Waals surface area contributed by atoms with Crippen LogP contribution in [0.4, 0.5) is 0 Å². The maximum atomic E-state index is 12.8. The molecule has 6 nitrogen and oxygen atoms in total. The second-order valence-corrected chi connectivity index (χ2v) is 8.21. The number of rotatable bonds is 6. The van der Waals surface area contributed by atoms with Crippen LogP contribution >= 0.6 is 0 Å². The summed E-state index contributed by atoms with van der Waals surface area (Å²) in [5.74, 6) is 0.554. The van der Waals surface area contributed by atoms with E-state index in [0.29, 0.717) is 45.3 Å². The molecule has 2 aliphatic heterocycles. The number of carbonyl (C=O) groups excluding carboxylic acids is 2. The van der Waals surface area contributed by atoms with Crippen LogP contribution in [0.25, 0.3) is 0 Å². The van der Waals surface area contributed by atoms with Crippen molar-refractivity contribution in [1.82, 2.24) is 15.1 Å². The highest BCUT2D eigenvalue weighted by Crippen LogP contribution is 2.22. The number of likely N-dealkylation sites (tertiary alicyclic amines) is 1. The van der Waals surface area contributed by atoms with Gasteiger partial charge in [-0.1, -0.05) is 44.2 Å². The van der Waals surface area contributed by atoms with Crippen molar-refractivity contribution in [2.45, 2.75) is 32.7 Å². The van der Waals surface area contributed by atoms with Gasteiger partial charge in [-0.15, -0.1) is 0 Å². The van der Waals surface area contributed by atoms with E-state index in [4.69, 9.17) is 4.74 Å². The molecule has 2 amide bonds. The molecule has 0 aromatic heterocycles. The Morgan fingerprint density at radius 1 is 1.14 bits per heavy atom. The summed E-state index contributed by atoms with van der Waals surface area (Å²) in [6.07, 6.45) is 1.87. The summed E-state index contributed by atoms with van der Waals surface area (Å²) >= 11 is 0. The lowest BCUT2D eigenvalue weighted by Crippen LogP contribution is -2.50. The van der Waals surface area contributed by atoms with Gasteiger partial charge in [-0.25, -0.2) is 0 Å². The average molecular weight is 388 g/mol. The van der Waals surface area contributed by atoms with Gasteiger partial charge in [-0.3, -0.25) is 14.5 Å². The van der Waals surface area contributed by atoms with E-state index in [1.54, 1.807) is 0 Å². The third-order valence-electron chi connectivity index (χ3n) is 5.69. The van der Waals surface area contributed by atoms with Crippen molar-refractivity contribution in [1.29, 1.82) is 0 Å². The Labute approximate surface area is 168 Å². The SMILES string of the molecule is CC(C)C(NC(=O)CN1CCCC(C(=O)N2CCOCC2)C1)c1ccccc1. The van der Waals surface area contributed by atoms with E-state index in [0.717, 1.165) is 24.9 Å². The summed E-state index contributed by atoms with van der Waals surface area (Å²) in [7, 11) is 0. The zero-order valence-electron chi connectivity index (χ0n) is 17.1. The molecule has 0 spiro atoms. The highest BCUT2D eigenvalue weighted by atomic mass is 16.5. The van der Waals surface area contributed by atoms with Gasteiger partial charge in [0.15, 0.2) is 0 Å². The van der Waals surface area contributed by atoms with Crippen LogP contribution in [0, 0.1) is 11.8 Å². The van der Waals surface area contributed by atoms with Crippen LogP contribution in [0.2, 0.25) is 0 Å². The predicted molar refractivity (Wildman–Crippen MR) is 109 cm³/mol. The minimum Gasteiger partial charge on any atom is -0.378 e. The monoisotopic (exact) mass is 387 g/mol. The van der Waals surface area contributed by atoms with Crippen LogP contribution in [0.15, 0.2) is 30.3 Å². The van der Waals surface area contributed by atoms with Crippen LogP contribution < -0.4 is 5.32 Å². The quantitative estimate of drug-likeness (QED) is 0.812. The van der Waals surface area contributed by atoms with Crippen molar-refractivity contribution in [2.24, 2.45) is 11.8 Å². The lowest BCUT2D eigenvalue weighted by atomic mass is 9.95. The first-order chi connectivity index (χ1) is 13.5. The molecule has 0 aliphatic carbocycles. The fourth-order valence-electron chi connectivity index (χ4n) is 4.16. The van der Waals surface area contributed by atoms with Crippen molar-refractivity contribution in [3.05, 3.63) is 35.9 Å². The summed E-state index contributed by atoms with van der Waals surface area (Å²) in [5.41, 5.74) is 1.13. The third kappa shape index (κ3) is 5.55. The number of ether oxygens (including phenoxy) is 1. The Bertz CT molecular complexity index is 644. The molecule has 0 radical (unpaired) electrons. The Morgan fingerprint density at radius 2 is 1.86 bits per heavy atom. The Morgan fingerprint density at radius 3 is 2.54 bits per heavy atom. The van der Waals surface area contributed by atoms with E-state index >= 15 is 0 Å². The van der Waals surface area contributed by atoms with Gasteiger partial charge in [-0.2, -0.15) is 0 Å². The van der Waals surface area contributed by atoms with E-state index in [2.05, 4.69) is 36.2 Å². The molecule has 0 bridgehead atoms. The van der Waals surface area contributed by atoms with Gasteiger partial charge in [-0.05, 0) is 30.9 Å². The minimum atomic E-state index is -0.00494. The van der Waals surface area contributed by atoms with Crippen molar-refractivity contribution >= 4 is 11.8 Å². The molecule has 3 rings (SSSR count). The maximum Gasteiger partial charge on any atom is 0.234 e. The molecule has 28 heavy (non-hydrogen) atoms. The molecular weight excluding hydrogens is 354 g/mol. The first-order valence-corrected chi connectivity index (χ1v) is 10.5. The first kappa shape index (κ1) is 20.8. The summed E-state index contributed by atoms with van der Waals surface area (Å²) in [6.45, 7) is 8.75. The van der Waals surface area contributed by atoms with Crippen molar-refractivity contribution in [3.63, 3.8) is 0 Å². The Kier molecular flexibility index (Phi) is 7.45. The molecule has 6 heteroatoms. The van der Waals surface area contributed by atoms with Gasteiger partial charge >= 0.3 is 0 Å². The second-order valence-electron chi connectivity index (χ2n) is 8.21. The predicted octanol–water partition coefficient (Wildman–Crippen LogP) is 2.07. The van der Waals surface area contributed by atoms with E-state index in [-0.39, 0.29) is 23.8 Å². The second kappa shape index (κ2) is 10.0. The Hall–Kier alpha value is -1.92. The number of hydrogen-bond acceptors (Lipinski definition) is 4. The average Bonchev–Trinajstić information content (AvgIpc) is 2.72. The highest BCUT2D eigenvalue weighted by Gasteiger charge is 2.31. The van der Waals surface area contributed by atoms with Crippen molar-refractivity contribution < 1.29 is 14.3 Å². The minimum absolute atomic E-state index is 0.00395. The van der Waals surface area contributed by atoms with Crippen molar-refractivity contribution in [2.75, 3.05) is 45.9 Å². The molecule has 2 saturated heterocycles. The molecule has 1 aromatic carbocycles. The molecule has 1 aromatic rings. The van der Waals surface area contributed by atoms with E-state index < -0.39 is 0 Å². The van der Waals surface area contributed by atoms with Crippen LogP contribution in [-0.4, -0.2) is 67.6 Å². The molecule has 2 aliphatic rings. The molecule has 2 atom stereocenters. The summed E-state index contributed by atoms with van der Waals surface area (Å²) in [4.78, 5) is 29.5. The van der Waals surface area contributed by atoms with Gasteiger partial charge in [0.2, 0.25) is 11.8 Å². The molecule has 2 fully saturated rings. The first-order valence-electron chi connectivity index (χ1n) is 10.5. The van der Waals surface area contributed by atoms with Gasteiger partial charge in [0.25, 0.3) is 0 Å². The third-order valence-corrected chi connectivity index (χ3v) is 5.69. The fourth-order valence-corrected chi connectivity index (χ4v) is 4.16. The van der Waals surface area contributed by atoms with Gasteiger partial charge < -0.3 is 15.0 Å². The molecule has 154 valence electrons. The number of carbonyl (C=O) groups is 2. The van der Waals surface area contributed by atoms with Crippen LogP contribution in [0.3, 0.4) is 0 Å². The van der Waals surface area contributed by atoms with Gasteiger partial charge in [0.05, 0.1) is 31.7 Å². The van der Waals surface area contributed by atoms with Crippen LogP contribution in [0.5, 0.6) is 0 Å². The largest absolute Gasteiger partial charge is 0.378 e. The van der Waals surface area contributed by atoms with Crippen LogP contribution in [0.1, 0.15) is 38.3 Å². The number of morpholine rings is 1. The fraction of sp³-hybridized carbons (Fsp3) is 0.636. The number of nitrogens with one attached hydrogen (secondary N) is 1. The molecule has 0 saturated carbocycles. The lowest BCUT2D eigenvalue weighted by molar-refractivity contribution is -0.142. The molecule has 1 N–H and O–H groups in total. The highest BCUT2D eigenvalue weighted by molar-refractivity contribution is 5.80. The maximum absolute atomic E-state index is 12.8. The number of nitrogens with zero attached hydrogens (tertiary/aromatic N) is 2. The zero-order chi connectivity index (χ0) is 19.9. The normalized spacial score (nSPS) is 22.1. The molecule has 2 heterocycles. The van der Waals surface area contributed by atoms with Crippen molar-refractivity contribution in [3.8, 4) is 0 Å². The number of benzene rings is 1. The molecular formula is C22H33N3O3. The summed E-state index contributed by atoms with van der Waals surface area (Å²) < 4.78 is 5.35. The van der Waals surface area contributed by atoms with E-state index in [9.17, 15) is 9.59 Å². The summed E-state index contributed by atoms with van der Waals surface area (Å²) in [5, 5.41) is 3.19.